The highest BCUT2D eigenvalue weighted by molar-refractivity contribution is 5.55. The lowest BCUT2D eigenvalue weighted by atomic mass is 9.78. The molecule has 4 rings (SSSR count). The number of aromatic hydroxyl groups is 2. The summed E-state index contributed by atoms with van der Waals surface area (Å²) in [7, 11) is 0. The molecule has 2 saturated carbocycles. The number of phenols is 2. The molecular weight excluding hydrogens is 440 g/mol. The highest BCUT2D eigenvalue weighted by Gasteiger charge is 2.28. The number of hydrogen-bond acceptors (Lipinski definition) is 2. The first-order valence-corrected chi connectivity index (χ1v) is 15.2. The predicted molar refractivity (Wildman–Crippen MR) is 153 cm³/mol. The number of phenolic OH excluding ortho intramolecular Hbond substituents is 2. The van der Waals surface area contributed by atoms with Crippen LogP contribution < -0.4 is 0 Å². The third-order valence-electron chi connectivity index (χ3n) is 9.04. The van der Waals surface area contributed by atoms with Crippen LogP contribution in [0, 0.1) is 13.8 Å². The van der Waals surface area contributed by atoms with E-state index in [0.29, 0.717) is 23.3 Å². The molecule has 0 spiro atoms. The van der Waals surface area contributed by atoms with Gasteiger partial charge in [-0.15, -0.1) is 0 Å². The summed E-state index contributed by atoms with van der Waals surface area (Å²) in [5.74, 6) is 1.91. The summed E-state index contributed by atoms with van der Waals surface area (Å²) in [4.78, 5) is 0. The first-order chi connectivity index (χ1) is 17.5. The van der Waals surface area contributed by atoms with Crippen LogP contribution in [-0.2, 0) is 0 Å². The fraction of sp³-hybridized carbons (Fsp3) is 0.647. The predicted octanol–water partition coefficient (Wildman–Crippen LogP) is 10.3. The molecule has 0 radical (unpaired) electrons. The zero-order chi connectivity index (χ0) is 25.5. The van der Waals surface area contributed by atoms with Crippen molar-refractivity contribution in [1.82, 2.24) is 0 Å². The average molecular weight is 491 g/mol. The second-order valence-corrected chi connectivity index (χ2v) is 12.0. The van der Waals surface area contributed by atoms with Crippen molar-refractivity contribution < 1.29 is 10.2 Å². The van der Waals surface area contributed by atoms with Gasteiger partial charge in [0.15, 0.2) is 0 Å². The van der Waals surface area contributed by atoms with E-state index < -0.39 is 0 Å². The monoisotopic (exact) mass is 490 g/mol. The van der Waals surface area contributed by atoms with Crippen LogP contribution >= 0.6 is 0 Å². The van der Waals surface area contributed by atoms with Gasteiger partial charge in [0.2, 0.25) is 0 Å². The highest BCUT2D eigenvalue weighted by atomic mass is 16.3. The Hall–Kier alpha value is -1.96. The van der Waals surface area contributed by atoms with Crippen LogP contribution in [0.5, 0.6) is 11.5 Å². The fourth-order valence-corrected chi connectivity index (χ4v) is 7.13. The molecule has 36 heavy (non-hydrogen) atoms. The molecule has 0 bridgehead atoms. The SMILES string of the molecule is CCCC(c1cc(C)cc(C2CCCCCCC2)c1O)c1cc(C)cc(C2CCCCCCC2)c1O. The van der Waals surface area contributed by atoms with Crippen LogP contribution in [0.1, 0.15) is 161 Å². The van der Waals surface area contributed by atoms with Crippen molar-refractivity contribution >= 4 is 0 Å². The van der Waals surface area contributed by atoms with Crippen LogP contribution in [0.25, 0.3) is 0 Å². The van der Waals surface area contributed by atoms with Crippen LogP contribution in [0.4, 0.5) is 0 Å². The van der Waals surface area contributed by atoms with Crippen LogP contribution in [-0.4, -0.2) is 10.2 Å². The van der Waals surface area contributed by atoms with E-state index in [2.05, 4.69) is 45.0 Å². The van der Waals surface area contributed by atoms with Gasteiger partial charge >= 0.3 is 0 Å². The maximum absolute atomic E-state index is 11.8. The molecule has 0 heterocycles. The van der Waals surface area contributed by atoms with Crippen molar-refractivity contribution in [3.8, 4) is 11.5 Å². The summed E-state index contributed by atoms with van der Waals surface area (Å²) >= 11 is 0. The second-order valence-electron chi connectivity index (χ2n) is 12.0. The minimum absolute atomic E-state index is 0.0226. The van der Waals surface area contributed by atoms with Gasteiger partial charge in [-0.1, -0.05) is 113 Å². The first kappa shape index (κ1) is 27.1. The van der Waals surface area contributed by atoms with Crippen molar-refractivity contribution in [3.05, 3.63) is 57.6 Å². The summed E-state index contributed by atoms with van der Waals surface area (Å²) in [5.41, 5.74) is 6.82. The van der Waals surface area contributed by atoms with E-state index in [4.69, 9.17) is 0 Å². The Labute approximate surface area is 220 Å². The van der Waals surface area contributed by atoms with E-state index in [-0.39, 0.29) is 5.92 Å². The van der Waals surface area contributed by atoms with E-state index in [1.54, 1.807) is 0 Å². The molecule has 2 nitrogen and oxygen atoms in total. The Balaban J connectivity index is 1.75. The normalized spacial score (nSPS) is 19.0. The number of rotatable bonds is 6. The minimum atomic E-state index is 0.0226. The summed E-state index contributed by atoms with van der Waals surface area (Å²) in [6.45, 7) is 6.57. The largest absolute Gasteiger partial charge is 0.507 e. The Morgan fingerprint density at radius 1 is 0.611 bits per heavy atom. The number of hydrogen-bond donors (Lipinski definition) is 2. The van der Waals surface area contributed by atoms with Gasteiger partial charge < -0.3 is 10.2 Å². The van der Waals surface area contributed by atoms with Gasteiger partial charge in [-0.05, 0) is 68.9 Å². The molecule has 0 atom stereocenters. The fourth-order valence-electron chi connectivity index (χ4n) is 7.13. The lowest BCUT2D eigenvalue weighted by Crippen LogP contribution is -2.10. The van der Waals surface area contributed by atoms with Gasteiger partial charge in [0.25, 0.3) is 0 Å². The molecule has 0 saturated heterocycles. The summed E-state index contributed by atoms with van der Waals surface area (Å²) in [6, 6.07) is 8.87. The molecule has 2 aliphatic rings. The molecule has 0 aromatic heterocycles. The molecule has 2 aliphatic carbocycles. The van der Waals surface area contributed by atoms with Crippen LogP contribution in [0.3, 0.4) is 0 Å². The lowest BCUT2D eigenvalue weighted by Gasteiger charge is -2.28. The Bertz CT molecular complexity index is 898. The smallest absolute Gasteiger partial charge is 0.122 e. The van der Waals surface area contributed by atoms with Gasteiger partial charge in [0, 0.05) is 17.0 Å². The van der Waals surface area contributed by atoms with Gasteiger partial charge in [-0.2, -0.15) is 0 Å². The summed E-state index contributed by atoms with van der Waals surface area (Å²) in [6.07, 6.45) is 19.7. The van der Waals surface area contributed by atoms with Crippen molar-refractivity contribution in [2.45, 2.75) is 141 Å². The summed E-state index contributed by atoms with van der Waals surface area (Å²) < 4.78 is 0. The minimum Gasteiger partial charge on any atom is -0.507 e. The molecule has 2 aromatic carbocycles. The average Bonchev–Trinajstić information content (AvgIpc) is 2.81. The highest BCUT2D eigenvalue weighted by Crippen LogP contribution is 2.47. The molecule has 0 aliphatic heterocycles. The van der Waals surface area contributed by atoms with Crippen molar-refractivity contribution in [1.29, 1.82) is 0 Å². The molecule has 2 heteroatoms. The lowest BCUT2D eigenvalue weighted by molar-refractivity contribution is 0.411. The first-order valence-electron chi connectivity index (χ1n) is 15.2. The summed E-state index contributed by atoms with van der Waals surface area (Å²) in [5, 5.41) is 23.5. The molecule has 2 fully saturated rings. The van der Waals surface area contributed by atoms with Gasteiger partial charge in [0.1, 0.15) is 11.5 Å². The van der Waals surface area contributed by atoms with Crippen LogP contribution in [0.15, 0.2) is 24.3 Å². The van der Waals surface area contributed by atoms with Crippen LogP contribution in [0.2, 0.25) is 0 Å². The van der Waals surface area contributed by atoms with E-state index >= 15 is 0 Å². The molecular formula is C34H50O2. The van der Waals surface area contributed by atoms with Gasteiger partial charge in [-0.25, -0.2) is 0 Å². The van der Waals surface area contributed by atoms with Gasteiger partial charge in [0.05, 0.1) is 0 Å². The second kappa shape index (κ2) is 13.0. The topological polar surface area (TPSA) is 40.5 Å². The maximum atomic E-state index is 11.8. The Morgan fingerprint density at radius 3 is 1.33 bits per heavy atom. The van der Waals surface area contributed by atoms with E-state index in [0.717, 1.165) is 35.1 Å². The molecule has 2 N–H and O–H groups in total. The Kier molecular flexibility index (Phi) is 9.80. The maximum Gasteiger partial charge on any atom is 0.122 e. The third-order valence-corrected chi connectivity index (χ3v) is 9.04. The Morgan fingerprint density at radius 2 is 0.972 bits per heavy atom. The van der Waals surface area contributed by atoms with E-state index in [1.165, 1.54) is 101 Å². The van der Waals surface area contributed by atoms with Gasteiger partial charge in [-0.3, -0.25) is 0 Å². The molecule has 2 aromatic rings. The van der Waals surface area contributed by atoms with E-state index in [9.17, 15) is 10.2 Å². The van der Waals surface area contributed by atoms with Crippen molar-refractivity contribution in [2.75, 3.05) is 0 Å². The standard InChI is InChI=1S/C34H50O2/c1-4-15-28(31-22-24(2)20-29(33(31)35)26-16-11-7-5-8-12-17-26)32-23-25(3)21-30(34(32)36)27-18-13-9-6-10-14-19-27/h20-23,26-28,35-36H,4-19H2,1-3H3. The zero-order valence-electron chi connectivity index (χ0n) is 23.2. The van der Waals surface area contributed by atoms with E-state index in [1.807, 2.05) is 0 Å². The molecule has 0 unspecified atom stereocenters. The number of aryl methyl sites for hydroxylation is 2. The van der Waals surface area contributed by atoms with Crippen molar-refractivity contribution in [3.63, 3.8) is 0 Å². The molecule has 198 valence electrons. The van der Waals surface area contributed by atoms with Crippen molar-refractivity contribution in [2.24, 2.45) is 0 Å². The third kappa shape index (κ3) is 6.48. The zero-order valence-corrected chi connectivity index (χ0v) is 23.2. The quantitative estimate of drug-likeness (QED) is 0.423. The number of benzene rings is 2. The molecule has 0 amide bonds.